The molecule has 1 aliphatic rings. The molecule has 0 heterocycles. The van der Waals surface area contributed by atoms with Gasteiger partial charge in [0.05, 0.1) is 0 Å². The largest absolute Gasteiger partial charge is 0.444 e. The van der Waals surface area contributed by atoms with E-state index < -0.39 is 5.60 Å². The fourth-order valence-electron chi connectivity index (χ4n) is 2.24. The molecule has 1 fully saturated rings. The molecular formula is C12H24N2O2. The van der Waals surface area contributed by atoms with E-state index in [9.17, 15) is 4.79 Å². The van der Waals surface area contributed by atoms with Crippen LogP contribution in [0.3, 0.4) is 0 Å². The van der Waals surface area contributed by atoms with Gasteiger partial charge >= 0.3 is 6.09 Å². The lowest BCUT2D eigenvalue weighted by Gasteiger charge is -2.19. The monoisotopic (exact) mass is 228 g/mol. The second-order valence-electron chi connectivity index (χ2n) is 6.15. The Hall–Kier alpha value is -0.770. The number of carbonyl (C=O) groups excluding carboxylic acids is 1. The highest BCUT2D eigenvalue weighted by Crippen LogP contribution is 2.57. The summed E-state index contributed by atoms with van der Waals surface area (Å²) < 4.78 is 5.17. The van der Waals surface area contributed by atoms with Crippen LogP contribution in [0.2, 0.25) is 0 Å². The van der Waals surface area contributed by atoms with Crippen molar-refractivity contribution >= 4 is 6.09 Å². The Morgan fingerprint density at radius 3 is 2.31 bits per heavy atom. The summed E-state index contributed by atoms with van der Waals surface area (Å²) in [5.41, 5.74) is 5.48. The summed E-state index contributed by atoms with van der Waals surface area (Å²) in [6.45, 7) is 11.3. The van der Waals surface area contributed by atoms with Crippen LogP contribution in [0.25, 0.3) is 0 Å². The molecule has 0 aromatic rings. The number of carbonyl (C=O) groups is 1. The van der Waals surface area contributed by atoms with Crippen LogP contribution in [-0.4, -0.2) is 24.8 Å². The normalized spacial score (nSPS) is 27.4. The molecule has 0 aromatic carbocycles. The van der Waals surface area contributed by atoms with Crippen LogP contribution in [0.1, 0.15) is 34.6 Å². The molecule has 0 aromatic heterocycles. The fourth-order valence-corrected chi connectivity index (χ4v) is 2.24. The number of hydrogen-bond donors (Lipinski definition) is 2. The van der Waals surface area contributed by atoms with Gasteiger partial charge in [0, 0.05) is 6.54 Å². The Morgan fingerprint density at radius 2 is 1.94 bits per heavy atom. The second-order valence-corrected chi connectivity index (χ2v) is 6.15. The molecule has 2 unspecified atom stereocenters. The number of rotatable bonds is 3. The molecule has 16 heavy (non-hydrogen) atoms. The van der Waals surface area contributed by atoms with E-state index in [1.165, 1.54) is 0 Å². The summed E-state index contributed by atoms with van der Waals surface area (Å²) in [7, 11) is 0. The maximum Gasteiger partial charge on any atom is 0.407 e. The fraction of sp³-hybridized carbons (Fsp3) is 0.917. The molecule has 4 nitrogen and oxygen atoms in total. The zero-order chi connectivity index (χ0) is 12.6. The van der Waals surface area contributed by atoms with Crippen molar-refractivity contribution in [2.75, 3.05) is 13.1 Å². The van der Waals surface area contributed by atoms with Gasteiger partial charge in [-0.05, 0) is 44.6 Å². The predicted octanol–water partition coefficient (Wildman–Crippen LogP) is 1.74. The average molecular weight is 228 g/mol. The van der Waals surface area contributed by atoms with Crippen LogP contribution in [0, 0.1) is 17.3 Å². The van der Waals surface area contributed by atoms with Crippen molar-refractivity contribution in [1.82, 2.24) is 5.32 Å². The smallest absolute Gasteiger partial charge is 0.407 e. The van der Waals surface area contributed by atoms with Crippen LogP contribution in [0.5, 0.6) is 0 Å². The van der Waals surface area contributed by atoms with Gasteiger partial charge in [-0.15, -0.1) is 0 Å². The van der Waals surface area contributed by atoms with Gasteiger partial charge in [0.2, 0.25) is 0 Å². The summed E-state index contributed by atoms with van der Waals surface area (Å²) in [4.78, 5) is 11.4. The van der Waals surface area contributed by atoms with Gasteiger partial charge in [-0.2, -0.15) is 0 Å². The van der Waals surface area contributed by atoms with Gasteiger partial charge in [-0.25, -0.2) is 4.79 Å². The van der Waals surface area contributed by atoms with Crippen molar-refractivity contribution in [3.63, 3.8) is 0 Å². The first-order chi connectivity index (χ1) is 7.18. The van der Waals surface area contributed by atoms with Crippen molar-refractivity contribution in [2.24, 2.45) is 23.0 Å². The van der Waals surface area contributed by atoms with Crippen LogP contribution >= 0.6 is 0 Å². The van der Waals surface area contributed by atoms with Gasteiger partial charge in [0.25, 0.3) is 0 Å². The maximum absolute atomic E-state index is 11.4. The first-order valence-corrected chi connectivity index (χ1v) is 5.85. The molecule has 1 saturated carbocycles. The lowest BCUT2D eigenvalue weighted by molar-refractivity contribution is 0.0523. The van der Waals surface area contributed by atoms with E-state index in [0.717, 1.165) is 0 Å². The van der Waals surface area contributed by atoms with Gasteiger partial charge in [0.15, 0.2) is 0 Å². The first-order valence-electron chi connectivity index (χ1n) is 5.85. The van der Waals surface area contributed by atoms with E-state index in [4.69, 9.17) is 10.5 Å². The van der Waals surface area contributed by atoms with E-state index in [1.54, 1.807) is 0 Å². The minimum atomic E-state index is -0.434. The van der Waals surface area contributed by atoms with E-state index in [2.05, 4.69) is 19.2 Å². The van der Waals surface area contributed by atoms with Crippen LogP contribution in [0.15, 0.2) is 0 Å². The number of nitrogens with two attached hydrogens (primary N) is 1. The van der Waals surface area contributed by atoms with E-state index in [-0.39, 0.29) is 11.5 Å². The SMILES string of the molecule is CC(C)(C)OC(=O)NCC1C(CN)C1(C)C. The zero-order valence-electron chi connectivity index (χ0n) is 11.0. The molecule has 2 atom stereocenters. The third-order valence-electron chi connectivity index (χ3n) is 3.41. The number of amides is 1. The third-order valence-corrected chi connectivity index (χ3v) is 3.41. The van der Waals surface area contributed by atoms with E-state index in [1.807, 2.05) is 20.8 Å². The molecule has 4 heteroatoms. The van der Waals surface area contributed by atoms with Crippen LogP contribution in [0.4, 0.5) is 4.79 Å². The minimum Gasteiger partial charge on any atom is -0.444 e. The lowest BCUT2D eigenvalue weighted by atomic mass is 10.1. The molecule has 0 saturated heterocycles. The highest BCUT2D eigenvalue weighted by molar-refractivity contribution is 5.67. The molecule has 1 aliphatic carbocycles. The lowest BCUT2D eigenvalue weighted by Crippen LogP contribution is -2.34. The average Bonchev–Trinajstić information content (AvgIpc) is 2.60. The summed E-state index contributed by atoms with van der Waals surface area (Å²) in [5, 5.41) is 2.80. The number of nitrogens with one attached hydrogen (secondary N) is 1. The quantitative estimate of drug-likeness (QED) is 0.773. The molecule has 0 radical (unpaired) electrons. The number of hydrogen-bond acceptors (Lipinski definition) is 3. The Bertz CT molecular complexity index is 269. The number of alkyl carbamates (subject to hydrolysis) is 1. The van der Waals surface area contributed by atoms with Gasteiger partial charge in [-0.1, -0.05) is 13.8 Å². The number of ether oxygens (including phenoxy) is 1. The standard InChI is InChI=1S/C12H24N2O2/c1-11(2,3)16-10(15)14-7-9-8(6-13)12(9,4)5/h8-9H,6-7,13H2,1-5H3,(H,14,15). The van der Waals surface area contributed by atoms with Gasteiger partial charge < -0.3 is 15.8 Å². The second kappa shape index (κ2) is 4.24. The van der Waals surface area contributed by atoms with Crippen molar-refractivity contribution in [3.05, 3.63) is 0 Å². The Morgan fingerprint density at radius 1 is 1.38 bits per heavy atom. The van der Waals surface area contributed by atoms with E-state index >= 15 is 0 Å². The molecule has 1 amide bonds. The molecule has 0 aliphatic heterocycles. The van der Waals surface area contributed by atoms with Crippen molar-refractivity contribution in [2.45, 2.75) is 40.2 Å². The van der Waals surface area contributed by atoms with Crippen LogP contribution < -0.4 is 11.1 Å². The topological polar surface area (TPSA) is 64.3 Å². The van der Waals surface area contributed by atoms with Gasteiger partial charge in [0.1, 0.15) is 5.60 Å². The summed E-state index contributed by atoms with van der Waals surface area (Å²) in [6.07, 6.45) is -0.342. The Balaban J connectivity index is 2.29. The molecule has 1 rings (SSSR count). The third kappa shape index (κ3) is 3.11. The first kappa shape index (κ1) is 13.3. The van der Waals surface area contributed by atoms with Crippen LogP contribution in [-0.2, 0) is 4.74 Å². The van der Waals surface area contributed by atoms with E-state index in [0.29, 0.717) is 24.9 Å². The molecular weight excluding hydrogens is 204 g/mol. The Labute approximate surface area is 97.9 Å². The zero-order valence-corrected chi connectivity index (χ0v) is 11.0. The Kier molecular flexibility index (Phi) is 3.53. The maximum atomic E-state index is 11.4. The summed E-state index contributed by atoms with van der Waals surface area (Å²) >= 11 is 0. The van der Waals surface area contributed by atoms with Gasteiger partial charge in [-0.3, -0.25) is 0 Å². The van der Waals surface area contributed by atoms with Crippen molar-refractivity contribution in [3.8, 4) is 0 Å². The van der Waals surface area contributed by atoms with Crippen molar-refractivity contribution in [1.29, 1.82) is 0 Å². The highest BCUT2D eigenvalue weighted by Gasteiger charge is 2.56. The summed E-state index contributed by atoms with van der Waals surface area (Å²) in [5.74, 6) is 0.993. The highest BCUT2D eigenvalue weighted by atomic mass is 16.6. The molecule has 3 N–H and O–H groups in total. The molecule has 0 spiro atoms. The summed E-state index contributed by atoms with van der Waals surface area (Å²) in [6, 6.07) is 0. The van der Waals surface area contributed by atoms with Crippen molar-refractivity contribution < 1.29 is 9.53 Å². The minimum absolute atomic E-state index is 0.254. The predicted molar refractivity (Wildman–Crippen MR) is 64.1 cm³/mol. The molecule has 0 bridgehead atoms. The molecule has 94 valence electrons.